The van der Waals surface area contributed by atoms with Gasteiger partial charge in [0.25, 0.3) is 0 Å². The summed E-state index contributed by atoms with van der Waals surface area (Å²) in [5.74, 6) is 0.0415. The molecule has 0 unspecified atom stereocenters. The lowest BCUT2D eigenvalue weighted by Crippen LogP contribution is -2.13. The van der Waals surface area contributed by atoms with Crippen LogP contribution in [0.2, 0.25) is 0 Å². The van der Waals surface area contributed by atoms with Crippen molar-refractivity contribution in [2.75, 3.05) is 5.32 Å². The van der Waals surface area contributed by atoms with E-state index in [1.54, 1.807) is 11.3 Å². The molecular formula is C15H18N2OS. The maximum atomic E-state index is 11.9. The van der Waals surface area contributed by atoms with Crippen LogP contribution in [0.4, 0.5) is 5.69 Å². The van der Waals surface area contributed by atoms with E-state index in [1.807, 2.05) is 38.1 Å². The van der Waals surface area contributed by atoms with Gasteiger partial charge >= 0.3 is 0 Å². The number of aryl methyl sites for hydroxylation is 4. The predicted octanol–water partition coefficient (Wildman–Crippen LogP) is 3.64. The molecule has 19 heavy (non-hydrogen) atoms. The summed E-state index contributed by atoms with van der Waals surface area (Å²) in [5, 5.41) is 3.98. The Morgan fingerprint density at radius 3 is 2.63 bits per heavy atom. The number of aromatic nitrogens is 1. The van der Waals surface area contributed by atoms with Crippen LogP contribution >= 0.6 is 11.3 Å². The molecule has 3 nitrogen and oxygen atoms in total. The second-order valence-electron chi connectivity index (χ2n) is 4.61. The molecule has 0 aliphatic rings. The molecule has 100 valence electrons. The third kappa shape index (κ3) is 3.64. The number of para-hydroxylation sites is 1. The topological polar surface area (TPSA) is 42.0 Å². The minimum absolute atomic E-state index is 0.0415. The number of hydrogen-bond donors (Lipinski definition) is 1. The molecule has 0 spiro atoms. The van der Waals surface area contributed by atoms with Crippen molar-refractivity contribution in [3.8, 4) is 0 Å². The van der Waals surface area contributed by atoms with Crippen molar-refractivity contribution < 1.29 is 4.79 Å². The summed E-state index contributed by atoms with van der Waals surface area (Å²) in [6.07, 6.45) is 1.18. The first-order valence-corrected chi connectivity index (χ1v) is 7.16. The van der Waals surface area contributed by atoms with E-state index >= 15 is 0 Å². The highest BCUT2D eigenvalue weighted by Gasteiger charge is 2.08. The first-order chi connectivity index (χ1) is 9.06. The van der Waals surface area contributed by atoms with E-state index in [0.29, 0.717) is 12.8 Å². The van der Waals surface area contributed by atoms with Gasteiger partial charge in [0.1, 0.15) is 0 Å². The summed E-state index contributed by atoms with van der Waals surface area (Å²) in [4.78, 5) is 17.6. The van der Waals surface area contributed by atoms with Crippen LogP contribution in [0.5, 0.6) is 0 Å². The number of nitrogens with one attached hydrogen (secondary N) is 1. The van der Waals surface area contributed by atoms with Gasteiger partial charge in [-0.15, -0.1) is 11.3 Å². The maximum Gasteiger partial charge on any atom is 0.224 e. The fourth-order valence-electron chi connectivity index (χ4n) is 1.79. The number of thiazole rings is 1. The van der Waals surface area contributed by atoms with Crippen molar-refractivity contribution in [1.29, 1.82) is 0 Å². The van der Waals surface area contributed by atoms with Crippen LogP contribution in [-0.2, 0) is 11.2 Å². The zero-order chi connectivity index (χ0) is 13.8. The van der Waals surface area contributed by atoms with Gasteiger partial charge < -0.3 is 5.32 Å². The Morgan fingerprint density at radius 1 is 1.26 bits per heavy atom. The van der Waals surface area contributed by atoms with Crippen LogP contribution in [0, 0.1) is 20.8 Å². The molecule has 0 aliphatic carbocycles. The monoisotopic (exact) mass is 274 g/mol. The zero-order valence-electron chi connectivity index (χ0n) is 11.5. The molecule has 4 heteroatoms. The van der Waals surface area contributed by atoms with Gasteiger partial charge in [-0.3, -0.25) is 4.79 Å². The van der Waals surface area contributed by atoms with Gasteiger partial charge in [0.05, 0.1) is 10.7 Å². The summed E-state index contributed by atoms with van der Waals surface area (Å²) in [5.41, 5.74) is 3.04. The van der Waals surface area contributed by atoms with Crippen molar-refractivity contribution >= 4 is 22.9 Å². The van der Waals surface area contributed by atoms with E-state index in [4.69, 9.17) is 0 Å². The number of amides is 1. The molecule has 0 bridgehead atoms. The average molecular weight is 274 g/mol. The van der Waals surface area contributed by atoms with Crippen molar-refractivity contribution in [3.63, 3.8) is 0 Å². The molecule has 0 fully saturated rings. The quantitative estimate of drug-likeness (QED) is 0.925. The number of nitrogens with zero attached hydrogens (tertiary/aromatic N) is 1. The van der Waals surface area contributed by atoms with Gasteiger partial charge in [-0.1, -0.05) is 18.2 Å². The molecular weight excluding hydrogens is 256 g/mol. The first kappa shape index (κ1) is 13.7. The molecule has 0 saturated heterocycles. The van der Waals surface area contributed by atoms with Gasteiger partial charge in [-0.05, 0) is 32.4 Å². The average Bonchev–Trinajstić information content (AvgIpc) is 2.69. The molecule has 0 radical (unpaired) electrons. The summed E-state index contributed by atoms with van der Waals surface area (Å²) >= 11 is 1.67. The molecule has 1 aromatic heterocycles. The van der Waals surface area contributed by atoms with Crippen molar-refractivity contribution in [2.45, 2.75) is 33.6 Å². The van der Waals surface area contributed by atoms with E-state index in [1.165, 1.54) is 4.88 Å². The fourth-order valence-corrected chi connectivity index (χ4v) is 2.73. The molecule has 0 atom stereocenters. The van der Waals surface area contributed by atoms with Gasteiger partial charge in [-0.2, -0.15) is 0 Å². The second kappa shape index (κ2) is 5.97. The van der Waals surface area contributed by atoms with E-state index in [0.717, 1.165) is 22.0 Å². The van der Waals surface area contributed by atoms with Crippen molar-refractivity contribution in [1.82, 2.24) is 4.98 Å². The van der Waals surface area contributed by atoms with Crippen LogP contribution in [0.15, 0.2) is 24.3 Å². The summed E-state index contributed by atoms with van der Waals surface area (Å²) < 4.78 is 0. The minimum Gasteiger partial charge on any atom is -0.326 e. The molecule has 0 aliphatic heterocycles. The third-order valence-electron chi connectivity index (χ3n) is 3.06. The Morgan fingerprint density at radius 2 is 2.00 bits per heavy atom. The molecule has 1 aromatic carbocycles. The number of rotatable bonds is 4. The highest BCUT2D eigenvalue weighted by atomic mass is 32.1. The van der Waals surface area contributed by atoms with E-state index in [9.17, 15) is 4.79 Å². The number of anilines is 1. The molecule has 1 heterocycles. The number of hydrogen-bond acceptors (Lipinski definition) is 3. The first-order valence-electron chi connectivity index (χ1n) is 6.34. The normalized spacial score (nSPS) is 10.5. The van der Waals surface area contributed by atoms with Crippen LogP contribution in [-0.4, -0.2) is 10.9 Å². The SMILES string of the molecule is Cc1ccccc1NC(=O)CCc1nc(C)c(C)s1. The standard InChI is InChI=1S/C15H18N2OS/c1-10-6-4-5-7-13(10)17-14(18)8-9-15-16-11(2)12(3)19-15/h4-7H,8-9H2,1-3H3,(H,17,18). The Kier molecular flexibility index (Phi) is 4.32. The highest BCUT2D eigenvalue weighted by Crippen LogP contribution is 2.18. The molecule has 2 aromatic rings. The fraction of sp³-hybridized carbons (Fsp3) is 0.333. The summed E-state index contributed by atoms with van der Waals surface area (Å²) in [7, 11) is 0. The summed E-state index contributed by atoms with van der Waals surface area (Å²) in [6.45, 7) is 6.05. The molecule has 1 N–H and O–H groups in total. The molecule has 1 amide bonds. The van der Waals surface area contributed by atoms with Crippen molar-refractivity contribution in [3.05, 3.63) is 45.4 Å². The lowest BCUT2D eigenvalue weighted by molar-refractivity contribution is -0.116. The van der Waals surface area contributed by atoms with E-state index in [2.05, 4.69) is 17.2 Å². The number of benzene rings is 1. The zero-order valence-corrected chi connectivity index (χ0v) is 12.3. The van der Waals surface area contributed by atoms with Crippen molar-refractivity contribution in [2.24, 2.45) is 0 Å². The Bertz CT molecular complexity index is 570. The number of carbonyl (C=O) groups excluding carboxylic acids is 1. The Balaban J connectivity index is 1.90. The van der Waals surface area contributed by atoms with Gasteiger partial charge in [0.2, 0.25) is 5.91 Å². The largest absolute Gasteiger partial charge is 0.326 e. The van der Waals surface area contributed by atoms with E-state index < -0.39 is 0 Å². The Labute approximate surface area is 117 Å². The van der Waals surface area contributed by atoms with Crippen LogP contribution < -0.4 is 5.32 Å². The van der Waals surface area contributed by atoms with Gasteiger partial charge in [0, 0.05) is 23.4 Å². The van der Waals surface area contributed by atoms with Gasteiger partial charge in [-0.25, -0.2) is 4.98 Å². The number of carbonyl (C=O) groups is 1. The molecule has 0 saturated carbocycles. The van der Waals surface area contributed by atoms with Crippen LogP contribution in [0.1, 0.15) is 27.6 Å². The van der Waals surface area contributed by atoms with E-state index in [-0.39, 0.29) is 5.91 Å². The lowest BCUT2D eigenvalue weighted by atomic mass is 10.2. The summed E-state index contributed by atoms with van der Waals surface area (Å²) in [6, 6.07) is 7.80. The smallest absolute Gasteiger partial charge is 0.224 e. The highest BCUT2D eigenvalue weighted by molar-refractivity contribution is 7.11. The van der Waals surface area contributed by atoms with Gasteiger partial charge in [0.15, 0.2) is 0 Å². The van der Waals surface area contributed by atoms with Crippen LogP contribution in [0.3, 0.4) is 0 Å². The van der Waals surface area contributed by atoms with Crippen LogP contribution in [0.25, 0.3) is 0 Å². The third-order valence-corrected chi connectivity index (χ3v) is 4.19. The maximum absolute atomic E-state index is 11.9. The Hall–Kier alpha value is -1.68. The predicted molar refractivity (Wildman–Crippen MR) is 79.7 cm³/mol. The lowest BCUT2D eigenvalue weighted by Gasteiger charge is -2.07. The second-order valence-corrected chi connectivity index (χ2v) is 5.90. The molecule has 2 rings (SSSR count). The minimum atomic E-state index is 0.0415.